The molecule has 4 rings (SSSR count). The SMILES string of the molecule is NC(CCc1c(-c2cccs2)o[nH]c1=O)C(=O)O.NC(Cc1c(-c2cccs2)o[nH]c1=O)C(=O)O. The van der Waals surface area contributed by atoms with Gasteiger partial charge in [-0.3, -0.25) is 19.2 Å². The third-order valence-corrected chi connectivity index (χ3v) is 6.58. The predicted octanol–water partition coefficient (Wildman–Crippen LogP) is 1.69. The number of carbonyl (C=O) groups is 2. The quantitative estimate of drug-likeness (QED) is 0.187. The van der Waals surface area contributed by atoms with E-state index in [4.69, 9.17) is 30.7 Å². The number of hydrogen-bond donors (Lipinski definition) is 6. The van der Waals surface area contributed by atoms with Gasteiger partial charge in [-0.2, -0.15) is 10.3 Å². The van der Waals surface area contributed by atoms with E-state index in [0.717, 1.165) is 9.75 Å². The summed E-state index contributed by atoms with van der Waals surface area (Å²) in [6.45, 7) is 0. The average Bonchev–Trinajstić information content (AvgIpc) is 3.61. The van der Waals surface area contributed by atoms with Crippen LogP contribution in [0.1, 0.15) is 17.5 Å². The molecule has 2 unspecified atom stereocenters. The highest BCUT2D eigenvalue weighted by Crippen LogP contribution is 2.27. The number of aromatic amines is 2. The van der Waals surface area contributed by atoms with Gasteiger partial charge in [0.2, 0.25) is 0 Å². The number of thiophene rings is 2. The Morgan fingerprint density at radius 2 is 1.34 bits per heavy atom. The molecule has 0 aliphatic carbocycles. The number of aliphatic carboxylic acids is 2. The third kappa shape index (κ3) is 6.45. The van der Waals surface area contributed by atoms with Crippen LogP contribution in [0.25, 0.3) is 21.3 Å². The Bertz CT molecular complexity index is 1360. The maximum Gasteiger partial charge on any atom is 0.320 e. The molecular formula is C21H22N4O8S2. The van der Waals surface area contributed by atoms with E-state index in [-0.39, 0.29) is 30.4 Å². The highest BCUT2D eigenvalue weighted by Gasteiger charge is 2.22. The van der Waals surface area contributed by atoms with Crippen molar-refractivity contribution < 1.29 is 28.8 Å². The summed E-state index contributed by atoms with van der Waals surface area (Å²) in [4.78, 5) is 46.0. The molecule has 12 nitrogen and oxygen atoms in total. The lowest BCUT2D eigenvalue weighted by Gasteiger charge is -2.04. The normalized spacial score (nSPS) is 12.5. The Morgan fingerprint density at radius 1 is 0.857 bits per heavy atom. The molecule has 0 aliphatic heterocycles. The molecule has 4 aromatic rings. The van der Waals surface area contributed by atoms with E-state index in [1.54, 1.807) is 6.07 Å². The van der Waals surface area contributed by atoms with Gasteiger partial charge in [-0.25, -0.2) is 0 Å². The molecule has 0 spiro atoms. The number of H-pyrrole nitrogens is 2. The first kappa shape index (κ1) is 25.9. The maximum absolute atomic E-state index is 11.6. The van der Waals surface area contributed by atoms with Gasteiger partial charge in [-0.05, 0) is 35.7 Å². The molecule has 4 aromatic heterocycles. The van der Waals surface area contributed by atoms with E-state index in [2.05, 4.69) is 10.3 Å². The molecule has 4 heterocycles. The number of carboxylic acids is 2. The van der Waals surface area contributed by atoms with Crippen LogP contribution in [0.3, 0.4) is 0 Å². The molecule has 0 bridgehead atoms. The van der Waals surface area contributed by atoms with Gasteiger partial charge in [-0.15, -0.1) is 22.7 Å². The molecule has 35 heavy (non-hydrogen) atoms. The molecule has 0 amide bonds. The standard InChI is InChI=1S/C11H12N2O4S.C10H10N2O4S/c12-7(11(15)16)4-3-6-9(17-13-10(6)14)8-2-1-5-18-8;11-6(10(14)15)4-5-8(16-12-9(5)13)7-2-1-3-17-7/h1-2,5,7H,3-4,12H2,(H,13,14)(H,15,16);1-3,6H,4,11H2,(H,12,13)(H,14,15). The molecule has 0 fully saturated rings. The Kier molecular flexibility index (Phi) is 8.59. The smallest absolute Gasteiger partial charge is 0.320 e. The van der Waals surface area contributed by atoms with Gasteiger partial charge in [0.1, 0.15) is 12.1 Å². The Balaban J connectivity index is 0.000000196. The second-order valence-electron chi connectivity index (χ2n) is 7.27. The molecule has 0 saturated carbocycles. The summed E-state index contributed by atoms with van der Waals surface area (Å²) in [5, 5.41) is 25.6. The number of nitrogens with two attached hydrogens (primary N) is 2. The zero-order valence-corrected chi connectivity index (χ0v) is 19.7. The maximum atomic E-state index is 11.6. The van der Waals surface area contributed by atoms with Gasteiger partial charge in [0.15, 0.2) is 11.5 Å². The first-order chi connectivity index (χ1) is 16.7. The fourth-order valence-corrected chi connectivity index (χ4v) is 4.47. The second-order valence-corrected chi connectivity index (χ2v) is 9.16. The van der Waals surface area contributed by atoms with Crippen molar-refractivity contribution in [3.63, 3.8) is 0 Å². The third-order valence-electron chi connectivity index (χ3n) is 4.84. The summed E-state index contributed by atoms with van der Waals surface area (Å²) in [5.74, 6) is -1.40. The van der Waals surface area contributed by atoms with Gasteiger partial charge in [-0.1, -0.05) is 12.1 Å². The highest BCUT2D eigenvalue weighted by molar-refractivity contribution is 7.13. The number of carboxylic acid groups (broad SMARTS) is 2. The summed E-state index contributed by atoms with van der Waals surface area (Å²) in [6.07, 6.45) is 0.400. The topological polar surface area (TPSA) is 219 Å². The average molecular weight is 523 g/mol. The molecule has 14 heteroatoms. The number of aromatic nitrogens is 2. The summed E-state index contributed by atoms with van der Waals surface area (Å²) in [7, 11) is 0. The van der Waals surface area contributed by atoms with Crippen molar-refractivity contribution in [2.75, 3.05) is 0 Å². The van der Waals surface area contributed by atoms with E-state index in [0.29, 0.717) is 17.1 Å². The van der Waals surface area contributed by atoms with Gasteiger partial charge in [0, 0.05) is 6.42 Å². The Morgan fingerprint density at radius 3 is 1.80 bits per heavy atom. The van der Waals surface area contributed by atoms with Crippen molar-refractivity contribution >= 4 is 34.6 Å². The molecular weight excluding hydrogens is 500 g/mol. The minimum absolute atomic E-state index is 0.0611. The van der Waals surface area contributed by atoms with E-state index < -0.39 is 29.6 Å². The molecule has 186 valence electrons. The van der Waals surface area contributed by atoms with Crippen molar-refractivity contribution in [3.05, 3.63) is 66.9 Å². The summed E-state index contributed by atoms with van der Waals surface area (Å²) < 4.78 is 10.2. The number of nitrogens with one attached hydrogen (secondary N) is 2. The highest BCUT2D eigenvalue weighted by atomic mass is 32.1. The van der Waals surface area contributed by atoms with Crippen LogP contribution in [0.15, 0.2) is 53.7 Å². The van der Waals surface area contributed by atoms with Crippen molar-refractivity contribution in [1.82, 2.24) is 10.3 Å². The van der Waals surface area contributed by atoms with Crippen LogP contribution < -0.4 is 22.6 Å². The largest absolute Gasteiger partial charge is 0.480 e. The first-order valence-corrected chi connectivity index (χ1v) is 11.9. The lowest BCUT2D eigenvalue weighted by atomic mass is 10.1. The summed E-state index contributed by atoms with van der Waals surface area (Å²) in [6, 6.07) is 5.18. The van der Waals surface area contributed by atoms with E-state index in [1.165, 1.54) is 22.7 Å². The minimum atomic E-state index is -1.15. The monoisotopic (exact) mass is 522 g/mol. The van der Waals surface area contributed by atoms with Gasteiger partial charge in [0.05, 0.1) is 20.9 Å². The zero-order valence-electron chi connectivity index (χ0n) is 18.1. The van der Waals surface area contributed by atoms with Gasteiger partial charge >= 0.3 is 11.9 Å². The number of rotatable bonds is 9. The number of hydrogen-bond acceptors (Lipinski definition) is 10. The van der Waals surface area contributed by atoms with Crippen molar-refractivity contribution in [3.8, 4) is 21.3 Å². The predicted molar refractivity (Wildman–Crippen MR) is 129 cm³/mol. The van der Waals surface area contributed by atoms with E-state index in [1.807, 2.05) is 29.0 Å². The summed E-state index contributed by atoms with van der Waals surface area (Å²) in [5.41, 5.74) is 10.7. The van der Waals surface area contributed by atoms with Gasteiger partial charge in [0.25, 0.3) is 11.1 Å². The lowest BCUT2D eigenvalue weighted by molar-refractivity contribution is -0.139. The van der Waals surface area contributed by atoms with E-state index >= 15 is 0 Å². The minimum Gasteiger partial charge on any atom is -0.480 e. The van der Waals surface area contributed by atoms with Crippen LogP contribution in [-0.2, 0) is 22.4 Å². The van der Waals surface area contributed by atoms with Crippen LogP contribution in [0.4, 0.5) is 0 Å². The summed E-state index contributed by atoms with van der Waals surface area (Å²) >= 11 is 2.84. The molecule has 2 atom stereocenters. The van der Waals surface area contributed by atoms with Crippen LogP contribution in [-0.4, -0.2) is 44.5 Å². The molecule has 0 saturated heterocycles. The van der Waals surface area contributed by atoms with Crippen LogP contribution >= 0.6 is 22.7 Å². The molecule has 0 radical (unpaired) electrons. The lowest BCUT2D eigenvalue weighted by Crippen LogP contribution is -2.33. The van der Waals surface area contributed by atoms with Crippen molar-refractivity contribution in [2.24, 2.45) is 11.5 Å². The fourth-order valence-electron chi connectivity index (χ4n) is 3.00. The molecule has 0 aromatic carbocycles. The zero-order chi connectivity index (χ0) is 25.5. The molecule has 0 aliphatic rings. The molecule has 8 N–H and O–H groups in total. The Labute approximate surface area is 204 Å². The van der Waals surface area contributed by atoms with Gasteiger partial charge < -0.3 is 30.7 Å². The van der Waals surface area contributed by atoms with Crippen LogP contribution in [0.2, 0.25) is 0 Å². The van der Waals surface area contributed by atoms with Crippen LogP contribution in [0.5, 0.6) is 0 Å². The van der Waals surface area contributed by atoms with Crippen LogP contribution in [0, 0.1) is 0 Å². The van der Waals surface area contributed by atoms with E-state index in [9.17, 15) is 19.2 Å². The first-order valence-electron chi connectivity index (χ1n) is 10.1. The Hall–Kier alpha value is -3.72. The van der Waals surface area contributed by atoms with Crippen molar-refractivity contribution in [2.45, 2.75) is 31.3 Å². The second kappa shape index (κ2) is 11.6. The van der Waals surface area contributed by atoms with Crippen molar-refractivity contribution in [1.29, 1.82) is 0 Å². The fraction of sp³-hybridized carbons (Fsp3) is 0.238.